The van der Waals surface area contributed by atoms with Crippen LogP contribution in [-0.4, -0.2) is 104 Å². The van der Waals surface area contributed by atoms with Crippen molar-refractivity contribution in [3.63, 3.8) is 0 Å². The van der Waals surface area contributed by atoms with Crippen LogP contribution in [0.15, 0.2) is 6.20 Å². The van der Waals surface area contributed by atoms with E-state index in [-0.39, 0.29) is 24.5 Å². The molecule has 15 heteroatoms. The second-order valence-electron chi connectivity index (χ2n) is 14.8. The first kappa shape index (κ1) is 39.3. The van der Waals surface area contributed by atoms with Crippen LogP contribution in [0.1, 0.15) is 119 Å². The number of alkyl carbamates (subject to hydrolysis) is 2. The van der Waals surface area contributed by atoms with Crippen LogP contribution in [0.4, 0.5) is 14.4 Å². The first-order valence-electron chi connectivity index (χ1n) is 16.3. The Hall–Kier alpha value is -3.91. The lowest BCUT2D eigenvalue weighted by Crippen LogP contribution is -2.53. The third kappa shape index (κ3) is 15.0. The fraction of sp³-hybridized carbons (Fsp3) is 0.781. The van der Waals surface area contributed by atoms with Gasteiger partial charge in [-0.25, -0.2) is 19.1 Å². The second-order valence-corrected chi connectivity index (χ2v) is 14.8. The van der Waals surface area contributed by atoms with Crippen molar-refractivity contribution in [3.8, 4) is 0 Å². The van der Waals surface area contributed by atoms with Gasteiger partial charge in [-0.2, -0.15) is 0 Å². The second kappa shape index (κ2) is 16.8. The summed E-state index contributed by atoms with van der Waals surface area (Å²) in [6, 6.07) is -1.41. The number of carbonyl (C=O) groups excluding carboxylic acids is 5. The minimum absolute atomic E-state index is 0.0673. The molecule has 1 aromatic heterocycles. The zero-order valence-corrected chi connectivity index (χ0v) is 29.8. The lowest BCUT2D eigenvalue weighted by atomic mass is 10.1. The molecular weight excluding hydrogens is 610 g/mol. The van der Waals surface area contributed by atoms with Gasteiger partial charge in [0.1, 0.15) is 34.3 Å². The smallest absolute Gasteiger partial charge is 0.410 e. The van der Waals surface area contributed by atoms with E-state index in [0.717, 1.165) is 0 Å². The van der Waals surface area contributed by atoms with Gasteiger partial charge in [0.05, 0.1) is 12.2 Å². The standard InChI is InChI=1S/C32H55N7O8/c1-22(40)14-15-25(26(41)37-17-19-38(20-18-37)29(44)47-32(8,9)10)39-21-24(35-36-39)23(34-28(43)46-31(5,6)7)13-11-12-16-33-27(42)45-30(2,3)4/h21,23,25H,11-20H2,1-10H3,(H,33,42)(H,34,43)/t23-,25+/m1/s1. The molecule has 2 rings (SSSR count). The lowest BCUT2D eigenvalue weighted by Gasteiger charge is -2.37. The molecule has 47 heavy (non-hydrogen) atoms. The number of hydrogen-bond acceptors (Lipinski definition) is 10. The molecule has 0 spiro atoms. The van der Waals surface area contributed by atoms with E-state index in [4.69, 9.17) is 14.2 Å². The van der Waals surface area contributed by atoms with E-state index in [0.29, 0.717) is 57.7 Å². The number of amides is 4. The third-order valence-electron chi connectivity index (χ3n) is 6.78. The van der Waals surface area contributed by atoms with Crippen LogP contribution in [-0.2, 0) is 23.8 Å². The molecule has 15 nitrogen and oxygen atoms in total. The molecule has 0 unspecified atom stereocenters. The van der Waals surface area contributed by atoms with Crippen molar-refractivity contribution in [2.24, 2.45) is 0 Å². The van der Waals surface area contributed by atoms with E-state index in [1.807, 2.05) is 0 Å². The van der Waals surface area contributed by atoms with Crippen molar-refractivity contribution in [1.82, 2.24) is 35.4 Å². The molecule has 2 N–H and O–H groups in total. The van der Waals surface area contributed by atoms with Gasteiger partial charge in [-0.1, -0.05) is 5.21 Å². The Kier molecular flexibility index (Phi) is 14.0. The highest BCUT2D eigenvalue weighted by Gasteiger charge is 2.33. The number of hydrogen-bond donors (Lipinski definition) is 2. The number of piperazine rings is 1. The van der Waals surface area contributed by atoms with Crippen molar-refractivity contribution in [2.45, 2.75) is 130 Å². The van der Waals surface area contributed by atoms with Gasteiger partial charge in [0.25, 0.3) is 0 Å². The number of carbonyl (C=O) groups is 5. The summed E-state index contributed by atoms with van der Waals surface area (Å²) in [5.74, 6) is -0.307. The lowest BCUT2D eigenvalue weighted by molar-refractivity contribution is -0.137. The van der Waals surface area contributed by atoms with Gasteiger partial charge in [-0.15, -0.1) is 5.10 Å². The summed E-state index contributed by atoms with van der Waals surface area (Å²) in [6.07, 6.45) is 2.09. The maximum absolute atomic E-state index is 13.8. The first-order valence-corrected chi connectivity index (χ1v) is 16.3. The molecule has 0 radical (unpaired) electrons. The molecule has 0 aliphatic carbocycles. The quantitative estimate of drug-likeness (QED) is 0.238. The maximum Gasteiger partial charge on any atom is 0.410 e. The average molecular weight is 666 g/mol. The van der Waals surface area contributed by atoms with Gasteiger partial charge >= 0.3 is 18.3 Å². The molecule has 1 saturated heterocycles. The summed E-state index contributed by atoms with van der Waals surface area (Å²) in [4.78, 5) is 66.1. The molecule has 1 aliphatic rings. The van der Waals surface area contributed by atoms with Crippen LogP contribution < -0.4 is 10.6 Å². The summed E-state index contributed by atoms with van der Waals surface area (Å²) in [6.45, 7) is 19.1. The predicted octanol–water partition coefficient (Wildman–Crippen LogP) is 4.53. The molecule has 0 bridgehead atoms. The highest BCUT2D eigenvalue weighted by Crippen LogP contribution is 2.23. The SMILES string of the molecule is CC(=O)CC[C@@H](C(=O)N1CCN(C(=O)OC(C)(C)C)CC1)n1cc([C@@H](CCCCNC(=O)OC(C)(C)C)NC(=O)OC(C)(C)C)nn1. The Morgan fingerprint density at radius 3 is 1.89 bits per heavy atom. The Morgan fingerprint density at radius 1 is 0.787 bits per heavy atom. The van der Waals surface area contributed by atoms with E-state index >= 15 is 0 Å². The largest absolute Gasteiger partial charge is 0.444 e. The van der Waals surface area contributed by atoms with Crippen LogP contribution >= 0.6 is 0 Å². The molecule has 0 saturated carbocycles. The van der Waals surface area contributed by atoms with Crippen LogP contribution in [0.2, 0.25) is 0 Å². The Balaban J connectivity index is 2.16. The maximum atomic E-state index is 13.8. The number of unbranched alkanes of at least 4 members (excludes halogenated alkanes) is 1. The van der Waals surface area contributed by atoms with Gasteiger partial charge in [0, 0.05) is 39.1 Å². The van der Waals surface area contributed by atoms with Crippen molar-refractivity contribution >= 4 is 30.0 Å². The summed E-state index contributed by atoms with van der Waals surface area (Å²) in [7, 11) is 0. The number of rotatable bonds is 12. The van der Waals surface area contributed by atoms with Crippen LogP contribution in [0, 0.1) is 0 Å². The number of ketones is 1. The highest BCUT2D eigenvalue weighted by atomic mass is 16.6. The monoisotopic (exact) mass is 665 g/mol. The molecule has 1 aliphatic heterocycles. The molecule has 4 amide bonds. The van der Waals surface area contributed by atoms with Gasteiger partial charge in [-0.3, -0.25) is 4.79 Å². The summed E-state index contributed by atoms with van der Waals surface area (Å²) in [5, 5.41) is 14.1. The third-order valence-corrected chi connectivity index (χ3v) is 6.78. The summed E-state index contributed by atoms with van der Waals surface area (Å²) < 4.78 is 17.6. The van der Waals surface area contributed by atoms with Crippen molar-refractivity contribution in [3.05, 3.63) is 11.9 Å². The average Bonchev–Trinajstić information content (AvgIpc) is 3.39. The van der Waals surface area contributed by atoms with E-state index in [1.54, 1.807) is 78.3 Å². The molecule has 2 heterocycles. The van der Waals surface area contributed by atoms with E-state index in [2.05, 4.69) is 20.9 Å². The molecule has 0 aromatic carbocycles. The van der Waals surface area contributed by atoms with Crippen molar-refractivity contribution in [2.75, 3.05) is 32.7 Å². The van der Waals surface area contributed by atoms with E-state index in [1.165, 1.54) is 11.6 Å². The normalized spacial score (nSPS) is 15.4. The number of aromatic nitrogens is 3. The molecule has 1 aromatic rings. The number of Topliss-reactive ketones (excluding diaryl/α,β-unsaturated/α-hetero) is 1. The molecule has 266 valence electrons. The predicted molar refractivity (Wildman–Crippen MR) is 174 cm³/mol. The van der Waals surface area contributed by atoms with Crippen LogP contribution in [0.25, 0.3) is 0 Å². The zero-order chi connectivity index (χ0) is 35.6. The number of nitrogens with zero attached hydrogens (tertiary/aromatic N) is 5. The summed E-state index contributed by atoms with van der Waals surface area (Å²) >= 11 is 0. The Bertz CT molecular complexity index is 1220. The van der Waals surface area contributed by atoms with Crippen LogP contribution in [0.3, 0.4) is 0 Å². The molecule has 1 fully saturated rings. The van der Waals surface area contributed by atoms with Gasteiger partial charge < -0.3 is 39.4 Å². The number of ether oxygens (including phenoxy) is 3. The zero-order valence-electron chi connectivity index (χ0n) is 29.8. The van der Waals surface area contributed by atoms with E-state index < -0.39 is 47.2 Å². The van der Waals surface area contributed by atoms with Crippen LogP contribution in [0.5, 0.6) is 0 Å². The van der Waals surface area contributed by atoms with Gasteiger partial charge in [0.2, 0.25) is 5.91 Å². The van der Waals surface area contributed by atoms with E-state index in [9.17, 15) is 24.0 Å². The van der Waals surface area contributed by atoms with Gasteiger partial charge in [0.15, 0.2) is 0 Å². The minimum Gasteiger partial charge on any atom is -0.444 e. The Morgan fingerprint density at radius 2 is 1.34 bits per heavy atom. The minimum atomic E-state index is -0.812. The fourth-order valence-electron chi connectivity index (χ4n) is 4.68. The van der Waals surface area contributed by atoms with Crippen molar-refractivity contribution in [1.29, 1.82) is 0 Å². The number of nitrogens with one attached hydrogen (secondary N) is 2. The molecular formula is C32H55N7O8. The topological polar surface area (TPSA) is 174 Å². The highest BCUT2D eigenvalue weighted by molar-refractivity contribution is 5.82. The summed E-state index contributed by atoms with van der Waals surface area (Å²) in [5.41, 5.74) is -1.52. The van der Waals surface area contributed by atoms with Crippen molar-refractivity contribution < 1.29 is 38.2 Å². The fourth-order valence-corrected chi connectivity index (χ4v) is 4.68. The first-order chi connectivity index (χ1) is 21.6. The molecule has 2 atom stereocenters. The Labute approximate surface area is 278 Å². The van der Waals surface area contributed by atoms with Gasteiger partial charge in [-0.05, 0) is 94.9 Å².